The smallest absolute Gasteiger partial charge is 0.341 e. The summed E-state index contributed by atoms with van der Waals surface area (Å²) < 4.78 is 1.53. The molecule has 0 saturated heterocycles. The number of hydrogen-bond donors (Lipinski definition) is 2. The molecule has 1 unspecified atom stereocenters. The monoisotopic (exact) mass is 408 g/mol. The maximum absolute atomic E-state index is 12.8. The number of pyridine rings is 2. The van der Waals surface area contributed by atoms with Crippen molar-refractivity contribution in [2.24, 2.45) is 5.73 Å². The van der Waals surface area contributed by atoms with Crippen molar-refractivity contribution in [2.75, 3.05) is 6.54 Å². The molecule has 3 aromatic rings. The van der Waals surface area contributed by atoms with Gasteiger partial charge in [-0.1, -0.05) is 0 Å². The summed E-state index contributed by atoms with van der Waals surface area (Å²) in [6.45, 7) is 2.73. The number of carbonyl (C=O) groups is 1. The van der Waals surface area contributed by atoms with Crippen LogP contribution in [0.1, 0.15) is 69.4 Å². The number of hydrogen-bond acceptors (Lipinski definition) is 4. The first-order chi connectivity index (χ1) is 14.0. The molecule has 0 aliphatic heterocycles. The van der Waals surface area contributed by atoms with Crippen molar-refractivity contribution in [1.82, 2.24) is 4.40 Å². The zero-order chi connectivity index (χ0) is 20.3. The highest BCUT2D eigenvalue weighted by atomic mass is 32.1. The Morgan fingerprint density at radius 2 is 2.07 bits per heavy atom. The van der Waals surface area contributed by atoms with Crippen LogP contribution in [0.3, 0.4) is 0 Å². The van der Waals surface area contributed by atoms with Gasteiger partial charge in [-0.3, -0.25) is 9.20 Å². The molecule has 1 fully saturated rings. The van der Waals surface area contributed by atoms with Gasteiger partial charge in [0.1, 0.15) is 5.56 Å². The zero-order valence-corrected chi connectivity index (χ0v) is 17.2. The Morgan fingerprint density at radius 3 is 2.76 bits per heavy atom. The van der Waals surface area contributed by atoms with E-state index in [0.717, 1.165) is 47.9 Å². The number of rotatable bonds is 4. The highest BCUT2D eigenvalue weighted by Gasteiger charge is 2.30. The summed E-state index contributed by atoms with van der Waals surface area (Å²) in [6.07, 6.45) is 7.28. The molecule has 2 aliphatic rings. The van der Waals surface area contributed by atoms with Crippen molar-refractivity contribution in [1.29, 1.82) is 0 Å². The minimum atomic E-state index is -1.16. The van der Waals surface area contributed by atoms with Crippen LogP contribution in [-0.2, 0) is 6.42 Å². The zero-order valence-electron chi connectivity index (χ0n) is 16.4. The van der Waals surface area contributed by atoms with E-state index in [1.807, 2.05) is 17.4 Å². The van der Waals surface area contributed by atoms with E-state index in [4.69, 9.17) is 5.73 Å². The molecule has 0 amide bonds. The maximum atomic E-state index is 12.8. The second-order valence-corrected chi connectivity index (χ2v) is 9.42. The van der Waals surface area contributed by atoms with Gasteiger partial charge in [-0.05, 0) is 97.9 Å². The number of thiophene rings is 1. The minimum Gasteiger partial charge on any atom is -0.477 e. The number of nitrogens with two attached hydrogens (primary N) is 1. The first kappa shape index (κ1) is 18.6. The normalized spacial score (nSPS) is 18.8. The SMILES string of the molecule is Cc1c(-c2cc3c(s2)CCCC3CN)ccn2c(=O)c(C(=O)O)cc(C3CC3)c12. The summed E-state index contributed by atoms with van der Waals surface area (Å²) in [5, 5.41) is 9.47. The second kappa shape index (κ2) is 6.82. The lowest BCUT2D eigenvalue weighted by Gasteiger charge is -2.20. The van der Waals surface area contributed by atoms with E-state index < -0.39 is 11.5 Å². The number of fused-ring (bicyclic) bond motifs is 2. The Hall–Kier alpha value is -2.44. The molecular weight excluding hydrogens is 384 g/mol. The van der Waals surface area contributed by atoms with E-state index in [-0.39, 0.29) is 5.56 Å². The molecule has 3 N–H and O–H groups in total. The average Bonchev–Trinajstić information content (AvgIpc) is 3.46. The molecular formula is C23H24N2O3S. The molecule has 150 valence electrons. The molecule has 3 aromatic heterocycles. The number of aromatic carboxylic acids is 1. The van der Waals surface area contributed by atoms with Crippen molar-refractivity contribution < 1.29 is 9.90 Å². The van der Waals surface area contributed by atoms with E-state index in [1.54, 1.807) is 12.3 Å². The molecule has 1 saturated carbocycles. The average molecular weight is 409 g/mol. The Morgan fingerprint density at radius 1 is 1.28 bits per heavy atom. The topological polar surface area (TPSA) is 84.8 Å². The lowest BCUT2D eigenvalue weighted by molar-refractivity contribution is 0.0694. The molecule has 2 aliphatic carbocycles. The molecule has 1 atom stereocenters. The molecule has 0 radical (unpaired) electrons. The van der Waals surface area contributed by atoms with E-state index >= 15 is 0 Å². The van der Waals surface area contributed by atoms with Gasteiger partial charge in [0, 0.05) is 16.0 Å². The van der Waals surface area contributed by atoms with Crippen molar-refractivity contribution >= 4 is 22.8 Å². The molecule has 29 heavy (non-hydrogen) atoms. The summed E-state index contributed by atoms with van der Waals surface area (Å²) in [7, 11) is 0. The summed E-state index contributed by atoms with van der Waals surface area (Å²) in [6, 6.07) is 5.86. The van der Waals surface area contributed by atoms with Crippen LogP contribution in [0, 0.1) is 6.92 Å². The number of nitrogens with zero attached hydrogens (tertiary/aromatic N) is 1. The van der Waals surface area contributed by atoms with Gasteiger partial charge in [-0.25, -0.2) is 4.79 Å². The van der Waals surface area contributed by atoms with Crippen molar-refractivity contribution in [3.8, 4) is 10.4 Å². The van der Waals surface area contributed by atoms with Crippen LogP contribution < -0.4 is 11.3 Å². The van der Waals surface area contributed by atoms with E-state index in [1.165, 1.54) is 26.1 Å². The summed E-state index contributed by atoms with van der Waals surface area (Å²) in [5.74, 6) is -0.380. The predicted molar refractivity (Wildman–Crippen MR) is 115 cm³/mol. The Kier molecular flexibility index (Phi) is 4.37. The molecule has 6 heteroatoms. The maximum Gasteiger partial charge on any atom is 0.341 e. The van der Waals surface area contributed by atoms with E-state index in [9.17, 15) is 14.7 Å². The molecule has 0 aromatic carbocycles. The lowest BCUT2D eigenvalue weighted by atomic mass is 9.87. The van der Waals surface area contributed by atoms with Crippen molar-refractivity contribution in [2.45, 2.75) is 50.9 Å². The largest absolute Gasteiger partial charge is 0.477 e. The van der Waals surface area contributed by atoms with Gasteiger partial charge >= 0.3 is 5.97 Å². The number of carboxylic acid groups (broad SMARTS) is 1. The van der Waals surface area contributed by atoms with Gasteiger partial charge in [0.15, 0.2) is 0 Å². The van der Waals surface area contributed by atoms with E-state index in [2.05, 4.69) is 13.0 Å². The third-order valence-corrected chi connectivity index (χ3v) is 7.69. The van der Waals surface area contributed by atoms with E-state index in [0.29, 0.717) is 18.4 Å². The molecule has 3 heterocycles. The third-order valence-electron chi connectivity index (χ3n) is 6.45. The van der Waals surface area contributed by atoms with Crippen LogP contribution in [0.25, 0.3) is 16.0 Å². The lowest BCUT2D eigenvalue weighted by Crippen LogP contribution is -2.23. The molecule has 0 bridgehead atoms. The number of aryl methyl sites for hydroxylation is 2. The van der Waals surface area contributed by atoms with Crippen LogP contribution in [0.5, 0.6) is 0 Å². The Bertz CT molecular complexity index is 1200. The van der Waals surface area contributed by atoms with Gasteiger partial charge in [-0.15, -0.1) is 11.3 Å². The summed E-state index contributed by atoms with van der Waals surface area (Å²) >= 11 is 1.84. The highest BCUT2D eigenvalue weighted by Crippen LogP contribution is 2.45. The van der Waals surface area contributed by atoms with Crippen molar-refractivity contribution in [3.63, 3.8) is 0 Å². The Balaban J connectivity index is 1.73. The minimum absolute atomic E-state index is 0.145. The van der Waals surface area contributed by atoms with Crippen LogP contribution >= 0.6 is 11.3 Å². The highest BCUT2D eigenvalue weighted by molar-refractivity contribution is 7.15. The molecule has 5 nitrogen and oxygen atoms in total. The first-order valence-electron chi connectivity index (χ1n) is 10.2. The van der Waals surface area contributed by atoms with Gasteiger partial charge in [0.25, 0.3) is 5.56 Å². The van der Waals surface area contributed by atoms with Gasteiger partial charge in [0.05, 0.1) is 5.52 Å². The standard InChI is InChI=1S/C23H24N2O3S/c1-12-15(20-10-16-14(11-24)3-2-4-19(16)29-20)7-8-25-21(12)17(13-5-6-13)9-18(22(25)26)23(27)28/h7-10,13-14H,2-6,11,24H2,1H3,(H,27,28). The fourth-order valence-electron chi connectivity index (χ4n) is 4.75. The van der Waals surface area contributed by atoms with Crippen LogP contribution in [0.15, 0.2) is 29.2 Å². The third kappa shape index (κ3) is 2.93. The van der Waals surface area contributed by atoms with Crippen LogP contribution in [0.2, 0.25) is 0 Å². The van der Waals surface area contributed by atoms with Gasteiger partial charge in [0.2, 0.25) is 0 Å². The Labute approximate surface area is 172 Å². The van der Waals surface area contributed by atoms with Crippen molar-refractivity contribution in [3.05, 3.63) is 61.9 Å². The van der Waals surface area contributed by atoms with Gasteiger partial charge in [-0.2, -0.15) is 0 Å². The number of aromatic nitrogens is 1. The molecule has 0 spiro atoms. The fraction of sp³-hybridized carbons (Fsp3) is 0.391. The second-order valence-electron chi connectivity index (χ2n) is 8.28. The van der Waals surface area contributed by atoms with Gasteiger partial charge < -0.3 is 10.8 Å². The fourth-order valence-corrected chi connectivity index (χ4v) is 6.12. The quantitative estimate of drug-likeness (QED) is 0.674. The summed E-state index contributed by atoms with van der Waals surface area (Å²) in [5.41, 5.74) is 10.8. The predicted octanol–water partition coefficient (Wildman–Crippen LogP) is 4.29. The first-order valence-corrected chi connectivity index (χ1v) is 11.1. The van der Waals surface area contributed by atoms with Crippen LogP contribution in [-0.4, -0.2) is 22.0 Å². The van der Waals surface area contributed by atoms with Crippen LogP contribution in [0.4, 0.5) is 0 Å². The molecule has 5 rings (SSSR count). The number of carboxylic acids is 1. The summed E-state index contributed by atoms with van der Waals surface area (Å²) in [4.78, 5) is 27.0.